The summed E-state index contributed by atoms with van der Waals surface area (Å²) >= 11 is 11.7. The van der Waals surface area contributed by atoms with Gasteiger partial charge in [0.1, 0.15) is 5.82 Å². The van der Waals surface area contributed by atoms with Crippen LogP contribution in [0.15, 0.2) is 61.2 Å². The van der Waals surface area contributed by atoms with E-state index in [4.69, 9.17) is 28.9 Å². The van der Waals surface area contributed by atoms with Crippen LogP contribution < -0.4 is 4.90 Å². The number of benzene rings is 2. The molecule has 1 aromatic heterocycles. The van der Waals surface area contributed by atoms with Gasteiger partial charge in [0.05, 0.1) is 6.67 Å². The number of halogens is 2. The predicted octanol–water partition coefficient (Wildman–Crippen LogP) is 4.84. The van der Waals surface area contributed by atoms with Gasteiger partial charge in [-0.3, -0.25) is 9.47 Å². The van der Waals surface area contributed by atoms with E-state index in [-0.39, 0.29) is 5.82 Å². The number of rotatable bonds is 6. The van der Waals surface area contributed by atoms with Crippen LogP contribution in [-0.2, 0) is 13.2 Å². The Morgan fingerprint density at radius 3 is 2.33 bits per heavy atom. The molecule has 30 heavy (non-hydrogen) atoms. The summed E-state index contributed by atoms with van der Waals surface area (Å²) in [6, 6.07) is 14.3. The van der Waals surface area contributed by atoms with Crippen LogP contribution in [0.25, 0.3) is 11.4 Å². The maximum atomic E-state index is 13.2. The highest BCUT2D eigenvalue weighted by Crippen LogP contribution is 2.22. The Morgan fingerprint density at radius 2 is 1.70 bits per heavy atom. The highest BCUT2D eigenvalue weighted by Gasteiger charge is 2.19. The van der Waals surface area contributed by atoms with Crippen LogP contribution in [0.2, 0.25) is 5.02 Å². The summed E-state index contributed by atoms with van der Waals surface area (Å²) in [5.74, 6) is 0.597. The lowest BCUT2D eigenvalue weighted by Crippen LogP contribution is -2.47. The SMILES string of the molecule is C=CCn1c(-c2ccc(Cl)cc2)nn(CN2CCN(c3ccc(F)cc3)CC2)c1=S. The van der Waals surface area contributed by atoms with Gasteiger partial charge in [0.15, 0.2) is 10.6 Å². The molecule has 0 bridgehead atoms. The first-order chi connectivity index (χ1) is 14.5. The van der Waals surface area contributed by atoms with Crippen LogP contribution in [0.5, 0.6) is 0 Å². The fourth-order valence-electron chi connectivity index (χ4n) is 3.63. The molecule has 5 nitrogen and oxygen atoms in total. The van der Waals surface area contributed by atoms with Crippen molar-refractivity contribution in [1.82, 2.24) is 19.2 Å². The Morgan fingerprint density at radius 1 is 1.03 bits per heavy atom. The van der Waals surface area contributed by atoms with Gasteiger partial charge in [0.25, 0.3) is 0 Å². The molecular formula is C22H23ClFN5S. The Labute approximate surface area is 185 Å². The molecule has 0 N–H and O–H groups in total. The van der Waals surface area contributed by atoms with Crippen molar-refractivity contribution in [3.8, 4) is 11.4 Å². The third-order valence-electron chi connectivity index (χ3n) is 5.23. The molecule has 3 aromatic rings. The van der Waals surface area contributed by atoms with Crippen LogP contribution in [0.1, 0.15) is 0 Å². The molecule has 0 amide bonds. The topological polar surface area (TPSA) is 29.2 Å². The van der Waals surface area contributed by atoms with E-state index in [1.807, 2.05) is 51.7 Å². The van der Waals surface area contributed by atoms with E-state index < -0.39 is 0 Å². The van der Waals surface area contributed by atoms with Crippen molar-refractivity contribution in [1.29, 1.82) is 0 Å². The van der Waals surface area contributed by atoms with Gasteiger partial charge in [0, 0.05) is 49.0 Å². The smallest absolute Gasteiger partial charge is 0.199 e. The minimum absolute atomic E-state index is 0.210. The Hall–Kier alpha value is -2.48. The molecule has 8 heteroatoms. The lowest BCUT2D eigenvalue weighted by atomic mass is 10.2. The van der Waals surface area contributed by atoms with Crippen molar-refractivity contribution in [3.63, 3.8) is 0 Å². The van der Waals surface area contributed by atoms with Crippen LogP contribution in [0.4, 0.5) is 10.1 Å². The summed E-state index contributed by atoms with van der Waals surface area (Å²) in [5.41, 5.74) is 2.01. The first-order valence-corrected chi connectivity index (χ1v) is 10.6. The standard InChI is InChI=1S/C22H23ClFN5S/c1-2-11-28-21(17-3-5-18(23)6-4-17)25-29(22(28)30)16-26-12-14-27(15-13-26)20-9-7-19(24)8-10-20/h2-10H,1,11-16H2. The molecule has 0 saturated carbocycles. The molecule has 1 fully saturated rings. The molecule has 1 aliphatic heterocycles. The molecule has 4 rings (SSSR count). The van der Waals surface area contributed by atoms with E-state index in [0.29, 0.717) is 23.0 Å². The van der Waals surface area contributed by atoms with E-state index in [9.17, 15) is 4.39 Å². The second kappa shape index (κ2) is 9.12. The van der Waals surface area contributed by atoms with Crippen molar-refractivity contribution in [2.24, 2.45) is 0 Å². The van der Waals surface area contributed by atoms with Gasteiger partial charge < -0.3 is 4.90 Å². The summed E-state index contributed by atoms with van der Waals surface area (Å²) in [6.45, 7) is 8.57. The zero-order chi connectivity index (χ0) is 21.1. The maximum Gasteiger partial charge on any atom is 0.199 e. The molecule has 156 valence electrons. The third kappa shape index (κ3) is 4.48. The zero-order valence-electron chi connectivity index (χ0n) is 16.5. The number of aromatic nitrogens is 3. The van der Waals surface area contributed by atoms with E-state index in [1.165, 1.54) is 12.1 Å². The van der Waals surface area contributed by atoms with Gasteiger partial charge in [-0.05, 0) is 60.7 Å². The van der Waals surface area contributed by atoms with E-state index in [1.54, 1.807) is 0 Å². The van der Waals surface area contributed by atoms with Gasteiger partial charge in [-0.1, -0.05) is 17.7 Å². The summed E-state index contributed by atoms with van der Waals surface area (Å²) < 4.78 is 17.7. The second-order valence-corrected chi connectivity index (χ2v) is 8.04. The van der Waals surface area contributed by atoms with E-state index in [0.717, 1.165) is 43.3 Å². The molecule has 1 saturated heterocycles. The minimum atomic E-state index is -0.210. The monoisotopic (exact) mass is 443 g/mol. The average Bonchev–Trinajstić information content (AvgIpc) is 3.06. The summed E-state index contributed by atoms with van der Waals surface area (Å²) in [4.78, 5) is 4.59. The van der Waals surface area contributed by atoms with Crippen LogP contribution in [0.3, 0.4) is 0 Å². The molecule has 2 heterocycles. The molecule has 0 aliphatic carbocycles. The van der Waals surface area contributed by atoms with Gasteiger partial charge in [-0.2, -0.15) is 5.10 Å². The van der Waals surface area contributed by atoms with Crippen molar-refractivity contribution in [2.45, 2.75) is 13.2 Å². The van der Waals surface area contributed by atoms with E-state index in [2.05, 4.69) is 16.4 Å². The van der Waals surface area contributed by atoms with Crippen LogP contribution >= 0.6 is 23.8 Å². The lowest BCUT2D eigenvalue weighted by Gasteiger charge is -2.35. The van der Waals surface area contributed by atoms with Gasteiger partial charge in [-0.15, -0.1) is 6.58 Å². The van der Waals surface area contributed by atoms with Gasteiger partial charge >= 0.3 is 0 Å². The summed E-state index contributed by atoms with van der Waals surface area (Å²) in [5, 5.41) is 5.48. The maximum absolute atomic E-state index is 13.2. The zero-order valence-corrected chi connectivity index (χ0v) is 18.1. The summed E-state index contributed by atoms with van der Waals surface area (Å²) in [6.07, 6.45) is 1.82. The Bertz CT molecular complexity index is 1070. The predicted molar refractivity (Wildman–Crippen MR) is 122 cm³/mol. The summed E-state index contributed by atoms with van der Waals surface area (Å²) in [7, 11) is 0. The Balaban J connectivity index is 1.49. The molecule has 2 aromatic carbocycles. The number of hydrogen-bond donors (Lipinski definition) is 0. The molecule has 0 atom stereocenters. The number of hydrogen-bond acceptors (Lipinski definition) is 4. The number of nitrogens with zero attached hydrogens (tertiary/aromatic N) is 5. The lowest BCUT2D eigenvalue weighted by molar-refractivity contribution is 0.194. The first kappa shape index (κ1) is 20.8. The molecule has 0 radical (unpaired) electrons. The fourth-order valence-corrected chi connectivity index (χ4v) is 4.01. The van der Waals surface area contributed by atoms with Crippen molar-refractivity contribution in [3.05, 3.63) is 76.8 Å². The normalized spacial score (nSPS) is 14.8. The molecule has 0 spiro atoms. The third-order valence-corrected chi connectivity index (χ3v) is 5.92. The van der Waals surface area contributed by atoms with Crippen LogP contribution in [-0.4, -0.2) is 45.4 Å². The molecular weight excluding hydrogens is 421 g/mol. The first-order valence-electron chi connectivity index (χ1n) is 9.82. The minimum Gasteiger partial charge on any atom is -0.369 e. The number of anilines is 1. The largest absolute Gasteiger partial charge is 0.369 e. The average molecular weight is 444 g/mol. The van der Waals surface area contributed by atoms with Gasteiger partial charge in [-0.25, -0.2) is 9.07 Å². The Kier molecular flexibility index (Phi) is 6.32. The van der Waals surface area contributed by atoms with Crippen molar-refractivity contribution in [2.75, 3.05) is 31.1 Å². The van der Waals surface area contributed by atoms with Crippen molar-refractivity contribution >= 4 is 29.5 Å². The highest BCUT2D eigenvalue weighted by molar-refractivity contribution is 7.71. The fraction of sp³-hybridized carbons (Fsp3) is 0.273. The number of allylic oxidation sites excluding steroid dienone is 1. The molecule has 0 unspecified atom stereocenters. The van der Waals surface area contributed by atoms with Crippen LogP contribution in [0, 0.1) is 10.6 Å². The van der Waals surface area contributed by atoms with E-state index >= 15 is 0 Å². The second-order valence-electron chi connectivity index (χ2n) is 7.23. The molecule has 1 aliphatic rings. The van der Waals surface area contributed by atoms with Crippen molar-refractivity contribution < 1.29 is 4.39 Å². The number of piperazine rings is 1. The van der Waals surface area contributed by atoms with Gasteiger partial charge in [0.2, 0.25) is 0 Å². The quantitative estimate of drug-likeness (QED) is 0.402. The highest BCUT2D eigenvalue weighted by atomic mass is 35.5.